The fraction of sp³-hybridized carbons (Fsp3) is 0.333. The minimum atomic E-state index is 0.120. The van der Waals surface area contributed by atoms with Gasteiger partial charge >= 0.3 is 0 Å². The maximum absolute atomic E-state index is 8.80. The summed E-state index contributed by atoms with van der Waals surface area (Å²) in [6, 6.07) is 8.59. The Hall–Kier alpha value is -1.76. The number of nitrogens with zero attached hydrogens (tertiary/aromatic N) is 1. The molecule has 0 aliphatic carbocycles. The summed E-state index contributed by atoms with van der Waals surface area (Å²) in [5.74, 6) is 6.15. The van der Waals surface area contributed by atoms with E-state index in [4.69, 9.17) is 5.11 Å². The molecule has 0 saturated carbocycles. The molecule has 0 saturated heterocycles. The van der Waals surface area contributed by atoms with E-state index in [0.29, 0.717) is 6.42 Å². The molecule has 21 heavy (non-hydrogen) atoms. The first-order chi connectivity index (χ1) is 10.1. The summed E-state index contributed by atoms with van der Waals surface area (Å²) < 4.78 is 0. The highest BCUT2D eigenvalue weighted by Crippen LogP contribution is 2.24. The lowest BCUT2D eigenvalue weighted by atomic mass is 10.1. The molecule has 0 amide bonds. The van der Waals surface area contributed by atoms with E-state index in [2.05, 4.69) is 67.3 Å². The summed E-state index contributed by atoms with van der Waals surface area (Å²) in [4.78, 5) is 3.53. The van der Waals surface area contributed by atoms with E-state index in [1.807, 2.05) is 0 Å². The van der Waals surface area contributed by atoms with Crippen LogP contribution < -0.4 is 4.90 Å². The van der Waals surface area contributed by atoms with E-state index < -0.39 is 0 Å². The number of aliphatic hydroxyl groups excluding tert-OH is 1. The van der Waals surface area contributed by atoms with Crippen LogP contribution in [0.15, 0.2) is 29.6 Å². The van der Waals surface area contributed by atoms with Gasteiger partial charge < -0.3 is 10.0 Å². The number of hydrogen-bond acceptors (Lipinski definition) is 3. The molecule has 0 aliphatic heterocycles. The van der Waals surface area contributed by atoms with Crippen LogP contribution in [0.25, 0.3) is 0 Å². The third kappa shape index (κ3) is 4.10. The van der Waals surface area contributed by atoms with Crippen LogP contribution in [0, 0.1) is 25.7 Å². The van der Waals surface area contributed by atoms with Gasteiger partial charge in [0.05, 0.1) is 13.2 Å². The van der Waals surface area contributed by atoms with Crippen LogP contribution in [-0.2, 0) is 6.54 Å². The van der Waals surface area contributed by atoms with Crippen LogP contribution in [0.1, 0.15) is 28.0 Å². The molecule has 0 radical (unpaired) electrons. The number of anilines is 1. The zero-order chi connectivity index (χ0) is 15.2. The summed E-state index contributed by atoms with van der Waals surface area (Å²) in [5, 5.41) is 10.9. The van der Waals surface area contributed by atoms with Gasteiger partial charge in [-0.15, -0.1) is 11.3 Å². The Morgan fingerprint density at radius 1 is 1.24 bits per heavy atom. The average Bonchev–Trinajstić information content (AvgIpc) is 2.86. The van der Waals surface area contributed by atoms with Crippen LogP contribution in [0.5, 0.6) is 0 Å². The molecule has 110 valence electrons. The van der Waals surface area contributed by atoms with E-state index in [1.54, 1.807) is 11.3 Å². The number of aliphatic hydroxyl groups is 1. The lowest BCUT2D eigenvalue weighted by Crippen LogP contribution is -2.17. The summed E-state index contributed by atoms with van der Waals surface area (Å²) in [6.45, 7) is 5.24. The van der Waals surface area contributed by atoms with Crippen molar-refractivity contribution >= 4 is 17.0 Å². The second-order valence-electron chi connectivity index (χ2n) is 5.18. The summed E-state index contributed by atoms with van der Waals surface area (Å²) in [5.41, 5.74) is 4.91. The third-order valence-electron chi connectivity index (χ3n) is 3.35. The highest BCUT2D eigenvalue weighted by molar-refractivity contribution is 7.10. The first-order valence-corrected chi connectivity index (χ1v) is 7.94. The van der Waals surface area contributed by atoms with Gasteiger partial charge in [-0.2, -0.15) is 0 Å². The van der Waals surface area contributed by atoms with Crippen LogP contribution in [0.2, 0.25) is 0 Å². The van der Waals surface area contributed by atoms with Gasteiger partial charge in [-0.1, -0.05) is 29.5 Å². The van der Waals surface area contributed by atoms with Gasteiger partial charge in [0.2, 0.25) is 0 Å². The van der Waals surface area contributed by atoms with Gasteiger partial charge in [0.25, 0.3) is 0 Å². The molecule has 2 aromatic rings. The van der Waals surface area contributed by atoms with Gasteiger partial charge in [0, 0.05) is 29.6 Å². The lowest BCUT2D eigenvalue weighted by molar-refractivity contribution is 0.305. The molecule has 1 heterocycles. The minimum Gasteiger partial charge on any atom is -0.395 e. The molecule has 0 unspecified atom stereocenters. The Labute approximate surface area is 131 Å². The van der Waals surface area contributed by atoms with E-state index in [0.717, 1.165) is 12.1 Å². The Morgan fingerprint density at radius 3 is 2.76 bits per heavy atom. The molecule has 0 atom stereocenters. The van der Waals surface area contributed by atoms with Crippen molar-refractivity contribution in [3.8, 4) is 11.8 Å². The van der Waals surface area contributed by atoms with Gasteiger partial charge in [-0.25, -0.2) is 0 Å². The highest BCUT2D eigenvalue weighted by atomic mass is 32.1. The molecule has 1 aromatic carbocycles. The third-order valence-corrected chi connectivity index (χ3v) is 4.26. The monoisotopic (exact) mass is 299 g/mol. The molecule has 3 heteroatoms. The van der Waals surface area contributed by atoms with Gasteiger partial charge in [0.15, 0.2) is 0 Å². The van der Waals surface area contributed by atoms with Crippen molar-refractivity contribution in [3.05, 3.63) is 51.2 Å². The number of aryl methyl sites for hydroxylation is 2. The minimum absolute atomic E-state index is 0.120. The van der Waals surface area contributed by atoms with Crippen molar-refractivity contribution in [3.63, 3.8) is 0 Å². The van der Waals surface area contributed by atoms with Crippen LogP contribution in [-0.4, -0.2) is 18.8 Å². The molecule has 0 fully saturated rings. The summed E-state index contributed by atoms with van der Waals surface area (Å²) >= 11 is 1.73. The maximum atomic E-state index is 8.80. The van der Waals surface area contributed by atoms with Gasteiger partial charge in [0.1, 0.15) is 0 Å². The van der Waals surface area contributed by atoms with Crippen molar-refractivity contribution in [1.82, 2.24) is 0 Å². The zero-order valence-corrected chi connectivity index (χ0v) is 13.6. The van der Waals surface area contributed by atoms with Crippen molar-refractivity contribution in [2.24, 2.45) is 0 Å². The lowest BCUT2D eigenvalue weighted by Gasteiger charge is -2.21. The fourth-order valence-electron chi connectivity index (χ4n) is 2.32. The van der Waals surface area contributed by atoms with E-state index in [-0.39, 0.29) is 6.61 Å². The molecule has 1 N–H and O–H groups in total. The van der Waals surface area contributed by atoms with Crippen molar-refractivity contribution in [2.75, 3.05) is 18.6 Å². The van der Waals surface area contributed by atoms with Crippen molar-refractivity contribution < 1.29 is 5.11 Å². The Morgan fingerprint density at radius 2 is 2.05 bits per heavy atom. The molecule has 0 aliphatic rings. The predicted molar refractivity (Wildman–Crippen MR) is 90.9 cm³/mol. The zero-order valence-electron chi connectivity index (χ0n) is 12.8. The maximum Gasteiger partial charge on any atom is 0.0540 e. The molecule has 2 rings (SSSR count). The Kier molecular flexibility index (Phi) is 5.44. The molecule has 1 aromatic heterocycles. The standard InChI is InChI=1S/C18H21NOS/c1-14-7-8-17(15(2)12-14)19(3)13-18-16(9-11-21-18)6-4-5-10-20/h7-9,11-12,20H,5,10,13H2,1-3H3. The number of hydrogen-bond donors (Lipinski definition) is 1. The SMILES string of the molecule is Cc1ccc(N(C)Cc2sccc2C#CCCO)c(C)c1. The molecular weight excluding hydrogens is 278 g/mol. The number of rotatable bonds is 4. The van der Waals surface area contributed by atoms with E-state index in [9.17, 15) is 0 Å². The summed E-state index contributed by atoms with van der Waals surface area (Å²) in [6.07, 6.45) is 0.530. The van der Waals surface area contributed by atoms with Gasteiger partial charge in [-0.05, 0) is 36.9 Å². The Bertz CT molecular complexity index is 663. The predicted octanol–water partition coefficient (Wildman–Crippen LogP) is 3.74. The molecule has 2 nitrogen and oxygen atoms in total. The molecular formula is C18H21NOS. The number of benzene rings is 1. The highest BCUT2D eigenvalue weighted by Gasteiger charge is 2.09. The van der Waals surface area contributed by atoms with Gasteiger partial charge in [-0.3, -0.25) is 0 Å². The first kappa shape index (κ1) is 15.6. The van der Waals surface area contributed by atoms with E-state index >= 15 is 0 Å². The van der Waals surface area contributed by atoms with Crippen molar-refractivity contribution in [2.45, 2.75) is 26.8 Å². The fourth-order valence-corrected chi connectivity index (χ4v) is 3.20. The van der Waals surface area contributed by atoms with E-state index in [1.165, 1.54) is 21.7 Å². The van der Waals surface area contributed by atoms with Crippen LogP contribution >= 0.6 is 11.3 Å². The quantitative estimate of drug-likeness (QED) is 0.870. The largest absolute Gasteiger partial charge is 0.395 e. The van der Waals surface area contributed by atoms with Crippen LogP contribution in [0.3, 0.4) is 0 Å². The topological polar surface area (TPSA) is 23.5 Å². The molecule has 0 spiro atoms. The first-order valence-electron chi connectivity index (χ1n) is 7.06. The number of thiophene rings is 1. The van der Waals surface area contributed by atoms with Crippen LogP contribution in [0.4, 0.5) is 5.69 Å². The average molecular weight is 299 g/mol. The van der Waals surface area contributed by atoms with Crippen molar-refractivity contribution in [1.29, 1.82) is 0 Å². The second-order valence-corrected chi connectivity index (χ2v) is 6.18. The smallest absolute Gasteiger partial charge is 0.0540 e. The second kappa shape index (κ2) is 7.31. The summed E-state index contributed by atoms with van der Waals surface area (Å²) in [7, 11) is 2.11. The molecule has 0 bridgehead atoms. The normalized spacial score (nSPS) is 10.1. The Balaban J connectivity index is 2.15.